The second kappa shape index (κ2) is 4.96. The molecule has 1 fully saturated rings. The van der Waals surface area contributed by atoms with Crippen molar-refractivity contribution in [3.05, 3.63) is 24.0 Å². The number of Topliss-reactive ketones (excluding diaryl/α,β-unsaturated/α-hetero) is 1. The molecular weight excluding hydrogens is 228 g/mol. The molecule has 0 spiro atoms. The van der Waals surface area contributed by atoms with Crippen LogP contribution in [0.25, 0.3) is 0 Å². The Kier molecular flexibility index (Phi) is 3.55. The number of aromatic amines is 1. The van der Waals surface area contributed by atoms with Crippen LogP contribution in [0.4, 0.5) is 0 Å². The number of aromatic nitrogens is 1. The number of ketones is 1. The van der Waals surface area contributed by atoms with Crippen molar-refractivity contribution in [1.82, 2.24) is 9.88 Å². The van der Waals surface area contributed by atoms with Gasteiger partial charge < -0.3 is 9.88 Å². The molecule has 18 heavy (non-hydrogen) atoms. The molecule has 0 aliphatic carbocycles. The highest BCUT2D eigenvalue weighted by Gasteiger charge is 2.39. The molecule has 0 bridgehead atoms. The Bertz CT molecular complexity index is 435. The summed E-state index contributed by atoms with van der Waals surface area (Å²) in [5.41, 5.74) is 0.426. The molecule has 1 aromatic heterocycles. The largest absolute Gasteiger partial charge is 0.365 e. The lowest BCUT2D eigenvalue weighted by molar-refractivity contribution is -0.148. The minimum Gasteiger partial charge on any atom is -0.365 e. The molecule has 1 saturated heterocycles. The van der Waals surface area contributed by atoms with E-state index in [1.54, 1.807) is 4.90 Å². The SMILES string of the molecule is CC1(C)C(=O)CCCN1C(=O)CCc1ccc[nH]1. The van der Waals surface area contributed by atoms with Crippen LogP contribution in [0.15, 0.2) is 18.3 Å². The maximum atomic E-state index is 12.2. The molecule has 2 heterocycles. The van der Waals surface area contributed by atoms with E-state index in [-0.39, 0.29) is 11.7 Å². The lowest BCUT2D eigenvalue weighted by atomic mass is 9.88. The quantitative estimate of drug-likeness (QED) is 0.888. The zero-order valence-electron chi connectivity index (χ0n) is 11.0. The first-order valence-electron chi connectivity index (χ1n) is 6.48. The fraction of sp³-hybridized carbons (Fsp3) is 0.571. The summed E-state index contributed by atoms with van der Waals surface area (Å²) in [4.78, 5) is 28.9. The van der Waals surface area contributed by atoms with Crippen LogP contribution in [-0.2, 0) is 16.0 Å². The van der Waals surface area contributed by atoms with Gasteiger partial charge in [0, 0.05) is 31.3 Å². The Morgan fingerprint density at radius 3 is 2.94 bits per heavy atom. The molecule has 1 aromatic rings. The average molecular weight is 248 g/mol. The normalized spacial score (nSPS) is 19.0. The van der Waals surface area contributed by atoms with E-state index in [4.69, 9.17) is 0 Å². The van der Waals surface area contributed by atoms with E-state index in [1.807, 2.05) is 32.2 Å². The Balaban J connectivity index is 1.97. The van der Waals surface area contributed by atoms with Crippen molar-refractivity contribution >= 4 is 11.7 Å². The number of likely N-dealkylation sites (tertiary alicyclic amines) is 1. The number of carbonyl (C=O) groups is 2. The zero-order chi connectivity index (χ0) is 13.2. The average Bonchev–Trinajstić information content (AvgIpc) is 2.82. The van der Waals surface area contributed by atoms with E-state index in [9.17, 15) is 9.59 Å². The van der Waals surface area contributed by atoms with Crippen LogP contribution in [0.3, 0.4) is 0 Å². The minimum atomic E-state index is -0.634. The molecule has 2 rings (SSSR count). The van der Waals surface area contributed by atoms with Gasteiger partial charge in [-0.2, -0.15) is 0 Å². The molecular formula is C14H20N2O2. The van der Waals surface area contributed by atoms with Gasteiger partial charge in [-0.15, -0.1) is 0 Å². The maximum absolute atomic E-state index is 12.2. The van der Waals surface area contributed by atoms with Crippen LogP contribution in [-0.4, -0.2) is 33.7 Å². The van der Waals surface area contributed by atoms with Crippen molar-refractivity contribution in [2.45, 2.75) is 45.1 Å². The van der Waals surface area contributed by atoms with Crippen LogP contribution in [0.2, 0.25) is 0 Å². The standard InChI is InChI=1S/C14H20N2O2/c1-14(2)12(17)6-4-10-16(14)13(18)8-7-11-5-3-9-15-11/h3,5,9,15H,4,6-8,10H2,1-2H3. The molecule has 1 aliphatic rings. The molecule has 0 aromatic carbocycles. The first-order chi connectivity index (χ1) is 8.51. The Morgan fingerprint density at radius 2 is 2.28 bits per heavy atom. The first kappa shape index (κ1) is 12.9. The van der Waals surface area contributed by atoms with Crippen molar-refractivity contribution in [3.8, 4) is 0 Å². The molecule has 1 amide bonds. The van der Waals surface area contributed by atoms with Gasteiger partial charge >= 0.3 is 0 Å². The number of carbonyl (C=O) groups excluding carboxylic acids is 2. The fourth-order valence-corrected chi connectivity index (χ4v) is 2.47. The topological polar surface area (TPSA) is 53.2 Å². The predicted octanol–water partition coefficient (Wildman–Crippen LogP) is 1.92. The van der Waals surface area contributed by atoms with E-state index in [0.717, 1.165) is 12.1 Å². The number of hydrogen-bond acceptors (Lipinski definition) is 2. The highest BCUT2D eigenvalue weighted by molar-refractivity contribution is 5.93. The minimum absolute atomic E-state index is 0.0719. The molecule has 0 saturated carbocycles. The lowest BCUT2D eigenvalue weighted by Crippen LogP contribution is -2.56. The zero-order valence-corrected chi connectivity index (χ0v) is 11.0. The van der Waals surface area contributed by atoms with Gasteiger partial charge in [0.05, 0.1) is 5.54 Å². The summed E-state index contributed by atoms with van der Waals surface area (Å²) in [7, 11) is 0. The summed E-state index contributed by atoms with van der Waals surface area (Å²) in [6, 6.07) is 3.90. The summed E-state index contributed by atoms with van der Waals surface area (Å²) in [6.07, 6.45) is 4.39. The van der Waals surface area contributed by atoms with Crippen LogP contribution >= 0.6 is 0 Å². The maximum Gasteiger partial charge on any atom is 0.223 e. The van der Waals surface area contributed by atoms with E-state index < -0.39 is 5.54 Å². The Hall–Kier alpha value is -1.58. The van der Waals surface area contributed by atoms with Crippen molar-refractivity contribution < 1.29 is 9.59 Å². The van der Waals surface area contributed by atoms with E-state index in [0.29, 0.717) is 25.8 Å². The second-order valence-corrected chi connectivity index (χ2v) is 5.33. The van der Waals surface area contributed by atoms with Crippen molar-refractivity contribution in [2.75, 3.05) is 6.54 Å². The molecule has 4 nitrogen and oxygen atoms in total. The number of H-pyrrole nitrogens is 1. The van der Waals surface area contributed by atoms with Gasteiger partial charge in [-0.1, -0.05) is 0 Å². The van der Waals surface area contributed by atoms with E-state index in [2.05, 4.69) is 4.98 Å². The highest BCUT2D eigenvalue weighted by Crippen LogP contribution is 2.25. The van der Waals surface area contributed by atoms with Gasteiger partial charge in [0.25, 0.3) is 0 Å². The van der Waals surface area contributed by atoms with Gasteiger partial charge in [0.15, 0.2) is 5.78 Å². The third kappa shape index (κ3) is 2.47. The summed E-state index contributed by atoms with van der Waals surface area (Å²) in [5.74, 6) is 0.240. The molecule has 0 atom stereocenters. The van der Waals surface area contributed by atoms with E-state index >= 15 is 0 Å². The van der Waals surface area contributed by atoms with Gasteiger partial charge in [-0.25, -0.2) is 0 Å². The fourth-order valence-electron chi connectivity index (χ4n) is 2.47. The Morgan fingerprint density at radius 1 is 1.50 bits per heavy atom. The van der Waals surface area contributed by atoms with Crippen molar-refractivity contribution in [3.63, 3.8) is 0 Å². The van der Waals surface area contributed by atoms with Crippen LogP contribution in [0, 0.1) is 0 Å². The lowest BCUT2D eigenvalue weighted by Gasteiger charge is -2.41. The number of nitrogens with one attached hydrogen (secondary N) is 1. The molecule has 1 aliphatic heterocycles. The highest BCUT2D eigenvalue weighted by atomic mass is 16.2. The molecule has 98 valence electrons. The third-order valence-electron chi connectivity index (χ3n) is 3.71. The monoisotopic (exact) mass is 248 g/mol. The summed E-state index contributed by atoms with van der Waals surface area (Å²) < 4.78 is 0. The number of hydrogen-bond donors (Lipinski definition) is 1. The van der Waals surface area contributed by atoms with Gasteiger partial charge in [-0.3, -0.25) is 9.59 Å². The number of nitrogens with zero attached hydrogens (tertiary/aromatic N) is 1. The van der Waals surface area contributed by atoms with E-state index in [1.165, 1.54) is 0 Å². The second-order valence-electron chi connectivity index (χ2n) is 5.33. The van der Waals surface area contributed by atoms with Crippen LogP contribution < -0.4 is 0 Å². The number of piperidine rings is 1. The van der Waals surface area contributed by atoms with Crippen molar-refractivity contribution in [1.29, 1.82) is 0 Å². The summed E-state index contributed by atoms with van der Waals surface area (Å²) in [5, 5.41) is 0. The van der Waals surface area contributed by atoms with Gasteiger partial charge in [0.2, 0.25) is 5.91 Å². The molecule has 0 unspecified atom stereocenters. The van der Waals surface area contributed by atoms with Crippen LogP contribution in [0.1, 0.15) is 38.8 Å². The molecule has 4 heteroatoms. The predicted molar refractivity (Wildman–Crippen MR) is 69.1 cm³/mol. The molecule has 1 N–H and O–H groups in total. The third-order valence-corrected chi connectivity index (χ3v) is 3.71. The number of amides is 1. The number of rotatable bonds is 3. The van der Waals surface area contributed by atoms with Crippen LogP contribution in [0.5, 0.6) is 0 Å². The van der Waals surface area contributed by atoms with Crippen molar-refractivity contribution in [2.24, 2.45) is 0 Å². The summed E-state index contributed by atoms with van der Waals surface area (Å²) >= 11 is 0. The Labute approximate surface area is 107 Å². The first-order valence-corrected chi connectivity index (χ1v) is 6.48. The van der Waals surface area contributed by atoms with Gasteiger partial charge in [0.1, 0.15) is 0 Å². The smallest absolute Gasteiger partial charge is 0.223 e. The molecule has 0 radical (unpaired) electrons. The van der Waals surface area contributed by atoms with Gasteiger partial charge in [-0.05, 0) is 38.8 Å². The summed E-state index contributed by atoms with van der Waals surface area (Å²) in [6.45, 7) is 4.39. The number of aryl methyl sites for hydroxylation is 1.